The smallest absolute Gasteiger partial charge is 0.257 e. The fraction of sp³-hybridized carbons (Fsp3) is 0.533. The quantitative estimate of drug-likeness (QED) is 0.507. The Morgan fingerprint density at radius 1 is 1.20 bits per heavy atom. The number of hydrogen-bond acceptors (Lipinski definition) is 4. The molecule has 1 aromatic rings. The first kappa shape index (κ1) is 16.3. The second-order valence-electron chi connectivity index (χ2n) is 4.53. The van der Waals surface area contributed by atoms with Crippen molar-refractivity contribution in [3.05, 3.63) is 24.3 Å². The highest BCUT2D eigenvalue weighted by Gasteiger charge is 2.02. The first-order valence-electron chi connectivity index (χ1n) is 7.05. The molecule has 0 saturated heterocycles. The van der Waals surface area contributed by atoms with Gasteiger partial charge < -0.3 is 20.5 Å². The number of nitrogens with one attached hydrogen (secondary N) is 1. The van der Waals surface area contributed by atoms with E-state index >= 15 is 0 Å². The Hall–Kier alpha value is -1.75. The van der Waals surface area contributed by atoms with Crippen LogP contribution < -0.4 is 15.8 Å². The van der Waals surface area contributed by atoms with E-state index in [0.29, 0.717) is 24.6 Å². The Kier molecular flexibility index (Phi) is 8.22. The molecule has 1 amide bonds. The van der Waals surface area contributed by atoms with Crippen LogP contribution in [0, 0.1) is 0 Å². The summed E-state index contributed by atoms with van der Waals surface area (Å²) in [4.78, 5) is 11.5. The number of anilines is 1. The molecule has 1 aromatic carbocycles. The highest BCUT2D eigenvalue weighted by atomic mass is 16.5. The SMILES string of the molecule is CCCCOCCCNC(=O)COc1ccc(N)cc1. The number of nitrogens with two attached hydrogens (primary N) is 1. The van der Waals surface area contributed by atoms with Gasteiger partial charge in [0, 0.05) is 25.4 Å². The molecule has 5 heteroatoms. The molecule has 5 nitrogen and oxygen atoms in total. The lowest BCUT2D eigenvalue weighted by molar-refractivity contribution is -0.123. The lowest BCUT2D eigenvalue weighted by atomic mass is 10.3. The second kappa shape index (κ2) is 10.1. The molecule has 0 radical (unpaired) electrons. The lowest BCUT2D eigenvalue weighted by Crippen LogP contribution is -2.30. The predicted octanol–water partition coefficient (Wildman–Crippen LogP) is 1.97. The fourth-order valence-electron chi connectivity index (χ4n) is 1.51. The van der Waals surface area contributed by atoms with Gasteiger partial charge in [-0.1, -0.05) is 13.3 Å². The number of ether oxygens (including phenoxy) is 2. The van der Waals surface area contributed by atoms with Crippen LogP contribution in [0.5, 0.6) is 5.75 Å². The Bertz CT molecular complexity index is 379. The normalized spacial score (nSPS) is 10.2. The molecule has 0 aromatic heterocycles. The van der Waals surface area contributed by atoms with Crippen LogP contribution in [0.15, 0.2) is 24.3 Å². The van der Waals surface area contributed by atoms with Crippen molar-refractivity contribution in [2.45, 2.75) is 26.2 Å². The van der Waals surface area contributed by atoms with Crippen LogP contribution in [-0.2, 0) is 9.53 Å². The van der Waals surface area contributed by atoms with Crippen LogP contribution in [0.4, 0.5) is 5.69 Å². The summed E-state index contributed by atoms with van der Waals surface area (Å²) >= 11 is 0. The van der Waals surface area contributed by atoms with Crippen molar-refractivity contribution in [2.24, 2.45) is 0 Å². The van der Waals surface area contributed by atoms with Crippen LogP contribution in [0.1, 0.15) is 26.2 Å². The fourth-order valence-corrected chi connectivity index (χ4v) is 1.51. The van der Waals surface area contributed by atoms with Crippen LogP contribution in [0.25, 0.3) is 0 Å². The highest BCUT2D eigenvalue weighted by Crippen LogP contribution is 2.12. The average Bonchev–Trinajstić information content (AvgIpc) is 2.46. The number of benzene rings is 1. The molecule has 0 aliphatic rings. The molecular formula is C15H24N2O3. The van der Waals surface area contributed by atoms with Crippen molar-refractivity contribution in [2.75, 3.05) is 32.1 Å². The molecule has 0 saturated carbocycles. The number of carbonyl (C=O) groups excluding carboxylic acids is 1. The molecule has 0 aliphatic carbocycles. The molecule has 0 fully saturated rings. The number of nitrogen functional groups attached to an aromatic ring is 1. The lowest BCUT2D eigenvalue weighted by Gasteiger charge is -2.08. The summed E-state index contributed by atoms with van der Waals surface area (Å²) < 4.78 is 10.7. The van der Waals surface area contributed by atoms with Gasteiger partial charge in [0.05, 0.1) is 0 Å². The number of carbonyl (C=O) groups is 1. The van der Waals surface area contributed by atoms with Crippen LogP contribution in [0.2, 0.25) is 0 Å². The Morgan fingerprint density at radius 2 is 1.90 bits per heavy atom. The van der Waals surface area contributed by atoms with E-state index in [1.165, 1.54) is 0 Å². The van der Waals surface area contributed by atoms with Crippen molar-refractivity contribution in [3.8, 4) is 5.75 Å². The molecule has 0 unspecified atom stereocenters. The molecule has 0 atom stereocenters. The van der Waals surface area contributed by atoms with Gasteiger partial charge in [-0.2, -0.15) is 0 Å². The molecule has 112 valence electrons. The minimum atomic E-state index is -0.129. The molecule has 20 heavy (non-hydrogen) atoms. The van der Waals surface area contributed by atoms with E-state index < -0.39 is 0 Å². The van der Waals surface area contributed by atoms with Gasteiger partial charge in [-0.05, 0) is 37.1 Å². The first-order valence-corrected chi connectivity index (χ1v) is 7.05. The van der Waals surface area contributed by atoms with Crippen LogP contribution in [0.3, 0.4) is 0 Å². The predicted molar refractivity (Wildman–Crippen MR) is 79.7 cm³/mol. The third-order valence-electron chi connectivity index (χ3n) is 2.68. The molecule has 0 spiro atoms. The van der Waals surface area contributed by atoms with Crippen molar-refractivity contribution in [1.82, 2.24) is 5.32 Å². The first-order chi connectivity index (χ1) is 9.72. The van der Waals surface area contributed by atoms with Crippen molar-refractivity contribution < 1.29 is 14.3 Å². The molecule has 0 bridgehead atoms. The van der Waals surface area contributed by atoms with E-state index in [2.05, 4.69) is 12.2 Å². The number of unbranched alkanes of at least 4 members (excludes halogenated alkanes) is 1. The van der Waals surface area contributed by atoms with E-state index in [1.807, 2.05) is 0 Å². The third-order valence-corrected chi connectivity index (χ3v) is 2.68. The minimum Gasteiger partial charge on any atom is -0.484 e. The van der Waals surface area contributed by atoms with Gasteiger partial charge in [0.15, 0.2) is 6.61 Å². The summed E-state index contributed by atoms with van der Waals surface area (Å²) in [6, 6.07) is 6.95. The summed E-state index contributed by atoms with van der Waals surface area (Å²) in [5.41, 5.74) is 6.23. The van der Waals surface area contributed by atoms with Gasteiger partial charge in [0.25, 0.3) is 5.91 Å². The molecule has 0 aliphatic heterocycles. The van der Waals surface area contributed by atoms with Gasteiger partial charge in [0.2, 0.25) is 0 Å². The van der Waals surface area contributed by atoms with E-state index in [9.17, 15) is 4.79 Å². The summed E-state index contributed by atoms with van der Waals surface area (Å²) in [5, 5.41) is 2.79. The molecule has 0 heterocycles. The van der Waals surface area contributed by atoms with Crippen LogP contribution >= 0.6 is 0 Å². The Morgan fingerprint density at radius 3 is 2.60 bits per heavy atom. The van der Waals surface area contributed by atoms with Gasteiger partial charge >= 0.3 is 0 Å². The van der Waals surface area contributed by atoms with E-state index in [4.69, 9.17) is 15.2 Å². The summed E-state index contributed by atoms with van der Waals surface area (Å²) in [6.45, 7) is 4.23. The molecular weight excluding hydrogens is 256 g/mol. The van der Waals surface area contributed by atoms with E-state index in [1.54, 1.807) is 24.3 Å². The van der Waals surface area contributed by atoms with Crippen molar-refractivity contribution in [3.63, 3.8) is 0 Å². The zero-order valence-corrected chi connectivity index (χ0v) is 12.1. The van der Waals surface area contributed by atoms with Gasteiger partial charge in [0.1, 0.15) is 5.75 Å². The monoisotopic (exact) mass is 280 g/mol. The molecule has 3 N–H and O–H groups in total. The largest absolute Gasteiger partial charge is 0.484 e. The van der Waals surface area contributed by atoms with Gasteiger partial charge in [-0.15, -0.1) is 0 Å². The van der Waals surface area contributed by atoms with Gasteiger partial charge in [-0.3, -0.25) is 4.79 Å². The summed E-state index contributed by atoms with van der Waals surface area (Å²) in [5.74, 6) is 0.507. The third kappa shape index (κ3) is 7.63. The maximum atomic E-state index is 11.5. The maximum Gasteiger partial charge on any atom is 0.257 e. The number of rotatable bonds is 10. The zero-order valence-electron chi connectivity index (χ0n) is 12.1. The van der Waals surface area contributed by atoms with Gasteiger partial charge in [-0.25, -0.2) is 0 Å². The second-order valence-corrected chi connectivity index (χ2v) is 4.53. The maximum absolute atomic E-state index is 11.5. The Balaban J connectivity index is 2.01. The van der Waals surface area contributed by atoms with Crippen molar-refractivity contribution in [1.29, 1.82) is 0 Å². The van der Waals surface area contributed by atoms with E-state index in [0.717, 1.165) is 25.9 Å². The topological polar surface area (TPSA) is 73.6 Å². The van der Waals surface area contributed by atoms with E-state index in [-0.39, 0.29) is 12.5 Å². The van der Waals surface area contributed by atoms with Crippen molar-refractivity contribution >= 4 is 11.6 Å². The molecule has 1 rings (SSSR count). The summed E-state index contributed by atoms with van der Waals surface area (Å²) in [7, 11) is 0. The van der Waals surface area contributed by atoms with Crippen LogP contribution in [-0.4, -0.2) is 32.3 Å². The highest BCUT2D eigenvalue weighted by molar-refractivity contribution is 5.77. The average molecular weight is 280 g/mol. The Labute approximate surface area is 120 Å². The number of hydrogen-bond donors (Lipinski definition) is 2. The summed E-state index contributed by atoms with van der Waals surface area (Å²) in [6.07, 6.45) is 3.04. The minimum absolute atomic E-state index is 0.0145. The standard InChI is InChI=1S/C15H24N2O3/c1-2-3-10-19-11-4-9-17-15(18)12-20-14-7-5-13(16)6-8-14/h5-8H,2-4,9-12,16H2,1H3,(H,17,18). The zero-order chi connectivity index (χ0) is 14.6. The number of amides is 1.